The van der Waals surface area contributed by atoms with Crippen molar-refractivity contribution in [2.75, 3.05) is 0 Å². The molecular weight excluding hydrogens is 295 g/mol. The summed E-state index contributed by atoms with van der Waals surface area (Å²) in [6.45, 7) is 1.76. The van der Waals surface area contributed by atoms with Gasteiger partial charge in [0.25, 0.3) is 0 Å². The molecule has 0 aliphatic carbocycles. The summed E-state index contributed by atoms with van der Waals surface area (Å²) < 4.78 is 1.51. The van der Waals surface area contributed by atoms with E-state index in [1.165, 1.54) is 10.8 Å². The molecule has 0 radical (unpaired) electrons. The standard InChI is InChI=1S/C14H8Cl2N4/c1-9-13(5-10(7-17)8-18)14(16)20(19-9)12-4-2-3-11(15)6-12/h2-6H,1H3. The fraction of sp³-hybridized carbons (Fsp3) is 0.0714. The van der Waals surface area contributed by atoms with Gasteiger partial charge in [0.15, 0.2) is 0 Å². The van der Waals surface area contributed by atoms with Gasteiger partial charge in [-0.05, 0) is 31.2 Å². The van der Waals surface area contributed by atoms with E-state index in [9.17, 15) is 0 Å². The van der Waals surface area contributed by atoms with E-state index in [0.29, 0.717) is 27.1 Å². The van der Waals surface area contributed by atoms with Gasteiger partial charge in [0.2, 0.25) is 0 Å². The maximum Gasteiger partial charge on any atom is 0.140 e. The average molecular weight is 303 g/mol. The highest BCUT2D eigenvalue weighted by Gasteiger charge is 2.14. The van der Waals surface area contributed by atoms with Gasteiger partial charge in [-0.2, -0.15) is 15.6 Å². The molecule has 1 aromatic carbocycles. The predicted molar refractivity (Wildman–Crippen MR) is 77.5 cm³/mol. The van der Waals surface area contributed by atoms with E-state index in [2.05, 4.69) is 5.10 Å². The van der Waals surface area contributed by atoms with Crippen molar-refractivity contribution in [3.63, 3.8) is 0 Å². The first kappa shape index (κ1) is 14.1. The summed E-state index contributed by atoms with van der Waals surface area (Å²) in [5, 5.41) is 22.8. The van der Waals surface area contributed by atoms with Crippen LogP contribution in [0.4, 0.5) is 0 Å². The second-order valence-electron chi connectivity index (χ2n) is 3.96. The molecule has 2 aromatic rings. The third kappa shape index (κ3) is 2.67. The van der Waals surface area contributed by atoms with Crippen LogP contribution in [0.2, 0.25) is 10.2 Å². The van der Waals surface area contributed by atoms with Crippen LogP contribution in [0.15, 0.2) is 29.8 Å². The number of aryl methyl sites for hydroxylation is 1. The quantitative estimate of drug-likeness (QED) is 0.790. The van der Waals surface area contributed by atoms with Gasteiger partial charge in [0.05, 0.1) is 11.4 Å². The van der Waals surface area contributed by atoms with Gasteiger partial charge < -0.3 is 0 Å². The van der Waals surface area contributed by atoms with Crippen LogP contribution in [0.25, 0.3) is 11.8 Å². The Kier molecular flexibility index (Phi) is 4.10. The lowest BCUT2D eigenvalue weighted by molar-refractivity contribution is 0.863. The van der Waals surface area contributed by atoms with Gasteiger partial charge >= 0.3 is 0 Å². The minimum Gasteiger partial charge on any atom is -0.221 e. The van der Waals surface area contributed by atoms with Gasteiger partial charge in [-0.3, -0.25) is 0 Å². The summed E-state index contributed by atoms with van der Waals surface area (Å²) in [7, 11) is 0. The number of hydrogen-bond acceptors (Lipinski definition) is 3. The molecule has 1 heterocycles. The summed E-state index contributed by atoms with van der Waals surface area (Å²) in [6, 6.07) is 10.7. The third-order valence-electron chi connectivity index (χ3n) is 2.63. The Morgan fingerprint density at radius 2 is 2.00 bits per heavy atom. The van der Waals surface area contributed by atoms with Crippen molar-refractivity contribution in [2.45, 2.75) is 6.92 Å². The van der Waals surface area contributed by atoms with Gasteiger partial charge in [-0.25, -0.2) is 4.68 Å². The molecule has 6 heteroatoms. The van der Waals surface area contributed by atoms with Crippen molar-refractivity contribution in [1.82, 2.24) is 9.78 Å². The smallest absolute Gasteiger partial charge is 0.140 e. The number of halogens is 2. The highest BCUT2D eigenvalue weighted by atomic mass is 35.5. The Labute approximate surface area is 126 Å². The largest absolute Gasteiger partial charge is 0.221 e. The number of benzene rings is 1. The summed E-state index contributed by atoms with van der Waals surface area (Å²) in [4.78, 5) is 0. The molecule has 20 heavy (non-hydrogen) atoms. The molecule has 0 spiro atoms. The van der Waals surface area contributed by atoms with Crippen LogP contribution in [0.1, 0.15) is 11.3 Å². The van der Waals surface area contributed by atoms with E-state index in [-0.39, 0.29) is 5.57 Å². The molecule has 98 valence electrons. The number of nitrogens with zero attached hydrogens (tertiary/aromatic N) is 4. The Morgan fingerprint density at radius 3 is 2.60 bits per heavy atom. The zero-order valence-electron chi connectivity index (χ0n) is 10.4. The SMILES string of the molecule is Cc1nn(-c2cccc(Cl)c2)c(Cl)c1C=C(C#N)C#N. The van der Waals surface area contributed by atoms with Crippen LogP contribution in [-0.2, 0) is 0 Å². The van der Waals surface area contributed by atoms with Crippen molar-refractivity contribution in [3.05, 3.63) is 51.3 Å². The summed E-state index contributed by atoms with van der Waals surface area (Å²) in [6.07, 6.45) is 1.42. The van der Waals surface area contributed by atoms with Crippen LogP contribution in [0.5, 0.6) is 0 Å². The van der Waals surface area contributed by atoms with E-state index in [1.807, 2.05) is 6.07 Å². The maximum atomic E-state index is 8.80. The van der Waals surface area contributed by atoms with E-state index < -0.39 is 0 Å². The zero-order valence-corrected chi connectivity index (χ0v) is 11.9. The number of nitriles is 2. The van der Waals surface area contributed by atoms with Gasteiger partial charge in [-0.1, -0.05) is 29.3 Å². The molecule has 0 aliphatic heterocycles. The Morgan fingerprint density at radius 1 is 1.30 bits per heavy atom. The molecule has 0 aliphatic rings. The highest BCUT2D eigenvalue weighted by Crippen LogP contribution is 2.26. The molecule has 0 bridgehead atoms. The number of aromatic nitrogens is 2. The molecule has 0 fully saturated rings. The lowest BCUT2D eigenvalue weighted by Crippen LogP contribution is -1.96. The first-order valence-electron chi connectivity index (χ1n) is 5.59. The van der Waals surface area contributed by atoms with Crippen molar-refractivity contribution >= 4 is 29.3 Å². The van der Waals surface area contributed by atoms with Crippen LogP contribution >= 0.6 is 23.2 Å². The number of hydrogen-bond donors (Lipinski definition) is 0. The van der Waals surface area contributed by atoms with Crippen molar-refractivity contribution in [2.24, 2.45) is 0 Å². The number of rotatable bonds is 2. The minimum atomic E-state index is -0.0272. The fourth-order valence-electron chi connectivity index (χ4n) is 1.69. The molecule has 1 aromatic heterocycles. The third-order valence-corrected chi connectivity index (χ3v) is 3.23. The lowest BCUT2D eigenvalue weighted by atomic mass is 10.2. The van der Waals surface area contributed by atoms with Gasteiger partial charge in [-0.15, -0.1) is 0 Å². The average Bonchev–Trinajstić information content (AvgIpc) is 2.72. The Balaban J connectivity index is 2.59. The molecular formula is C14H8Cl2N4. The maximum absolute atomic E-state index is 8.80. The van der Waals surface area contributed by atoms with Crippen molar-refractivity contribution in [1.29, 1.82) is 10.5 Å². The number of allylic oxidation sites excluding steroid dienone is 1. The second kappa shape index (κ2) is 5.79. The Bertz CT molecular complexity index is 759. The molecule has 0 unspecified atom stereocenters. The van der Waals surface area contributed by atoms with Crippen molar-refractivity contribution in [3.8, 4) is 17.8 Å². The second-order valence-corrected chi connectivity index (χ2v) is 4.76. The van der Waals surface area contributed by atoms with E-state index in [1.54, 1.807) is 37.3 Å². The first-order valence-corrected chi connectivity index (χ1v) is 6.35. The lowest BCUT2D eigenvalue weighted by Gasteiger charge is -2.03. The molecule has 0 N–H and O–H groups in total. The molecule has 0 saturated heterocycles. The normalized spacial score (nSPS) is 9.65. The van der Waals surface area contributed by atoms with Crippen LogP contribution < -0.4 is 0 Å². The minimum absolute atomic E-state index is 0.0272. The fourth-order valence-corrected chi connectivity index (χ4v) is 2.20. The summed E-state index contributed by atoms with van der Waals surface area (Å²) >= 11 is 12.2. The van der Waals surface area contributed by atoms with E-state index in [4.69, 9.17) is 33.7 Å². The van der Waals surface area contributed by atoms with Crippen molar-refractivity contribution < 1.29 is 0 Å². The van der Waals surface area contributed by atoms with Crippen LogP contribution in [-0.4, -0.2) is 9.78 Å². The monoisotopic (exact) mass is 302 g/mol. The molecule has 4 nitrogen and oxygen atoms in total. The van der Waals surface area contributed by atoms with Crippen LogP contribution in [0, 0.1) is 29.6 Å². The highest BCUT2D eigenvalue weighted by molar-refractivity contribution is 6.32. The van der Waals surface area contributed by atoms with E-state index in [0.717, 1.165) is 0 Å². The summed E-state index contributed by atoms with van der Waals surface area (Å²) in [5.74, 6) is 0. The van der Waals surface area contributed by atoms with Crippen LogP contribution in [0.3, 0.4) is 0 Å². The molecule has 0 saturated carbocycles. The molecule has 0 amide bonds. The van der Waals surface area contributed by atoms with Gasteiger partial charge in [0.1, 0.15) is 22.9 Å². The zero-order chi connectivity index (χ0) is 14.7. The van der Waals surface area contributed by atoms with Gasteiger partial charge in [0, 0.05) is 10.6 Å². The Hall–Kier alpha value is -2.27. The molecule has 0 atom stereocenters. The predicted octanol–water partition coefficient (Wildman–Crippen LogP) is 3.92. The van der Waals surface area contributed by atoms with E-state index >= 15 is 0 Å². The summed E-state index contributed by atoms with van der Waals surface area (Å²) in [5.41, 5.74) is 1.85. The first-order chi connectivity index (χ1) is 9.56. The topological polar surface area (TPSA) is 65.4 Å². The molecule has 2 rings (SSSR count).